The molecule has 1 aliphatic rings. The van der Waals surface area contributed by atoms with E-state index >= 15 is 0 Å². The van der Waals surface area contributed by atoms with Gasteiger partial charge in [-0.25, -0.2) is 0 Å². The van der Waals surface area contributed by atoms with E-state index in [2.05, 4.69) is 69.1 Å². The van der Waals surface area contributed by atoms with Crippen LogP contribution in [0.25, 0.3) is 0 Å². The predicted octanol–water partition coefficient (Wildman–Crippen LogP) is 4.03. The Hall–Kier alpha value is -2.73. The molecular formula is C21H23N5S. The zero-order valence-corrected chi connectivity index (χ0v) is 16.3. The van der Waals surface area contributed by atoms with Crippen LogP contribution in [-0.4, -0.2) is 24.5 Å². The van der Waals surface area contributed by atoms with Gasteiger partial charge in [-0.3, -0.25) is 9.97 Å². The minimum absolute atomic E-state index is 0.00257. The fourth-order valence-corrected chi connectivity index (χ4v) is 4.02. The molecule has 3 aromatic heterocycles. The van der Waals surface area contributed by atoms with Gasteiger partial charge in [-0.05, 0) is 62.0 Å². The standard InChI is InChI=1S/C21H23N5S/c1-15(2)25-12-6-9-18(25)20-19(17-8-3-4-11-23-17)24-21(27)26(20)14-16-7-5-10-22-13-16/h3-13,15,19-20H,14H2,1-2H3,(H,24,27)/t19-,20+/m0/s1. The zero-order valence-electron chi connectivity index (χ0n) is 15.5. The first-order valence-corrected chi connectivity index (χ1v) is 9.59. The fourth-order valence-electron chi connectivity index (χ4n) is 3.71. The van der Waals surface area contributed by atoms with Gasteiger partial charge >= 0.3 is 0 Å². The van der Waals surface area contributed by atoms with Gasteiger partial charge in [-0.15, -0.1) is 0 Å². The second-order valence-corrected chi connectivity index (χ2v) is 7.44. The molecule has 1 N–H and O–H groups in total. The van der Waals surface area contributed by atoms with E-state index in [-0.39, 0.29) is 12.1 Å². The van der Waals surface area contributed by atoms with Crippen LogP contribution in [0.1, 0.15) is 48.9 Å². The minimum atomic E-state index is 0.00257. The Kier molecular flexibility index (Phi) is 4.90. The van der Waals surface area contributed by atoms with Crippen LogP contribution in [0.5, 0.6) is 0 Å². The summed E-state index contributed by atoms with van der Waals surface area (Å²) in [6.45, 7) is 5.10. The Morgan fingerprint density at radius 3 is 2.70 bits per heavy atom. The highest BCUT2D eigenvalue weighted by atomic mass is 32.1. The quantitative estimate of drug-likeness (QED) is 0.680. The summed E-state index contributed by atoms with van der Waals surface area (Å²) in [6.07, 6.45) is 7.67. The number of pyridine rings is 2. The highest BCUT2D eigenvalue weighted by Gasteiger charge is 2.41. The van der Waals surface area contributed by atoms with Gasteiger partial charge in [0.15, 0.2) is 5.11 Å². The largest absolute Gasteiger partial charge is 0.352 e. The van der Waals surface area contributed by atoms with Gasteiger partial charge in [0.25, 0.3) is 0 Å². The molecule has 0 amide bonds. The molecule has 27 heavy (non-hydrogen) atoms. The molecule has 4 rings (SSSR count). The first-order valence-electron chi connectivity index (χ1n) is 9.19. The Labute approximate surface area is 165 Å². The van der Waals surface area contributed by atoms with E-state index in [1.807, 2.05) is 30.6 Å². The summed E-state index contributed by atoms with van der Waals surface area (Å²) in [5.41, 5.74) is 3.36. The molecule has 1 saturated heterocycles. The normalized spacial score (nSPS) is 19.5. The number of thiocarbonyl (C=S) groups is 1. The second-order valence-electron chi connectivity index (χ2n) is 7.05. The first-order chi connectivity index (χ1) is 13.1. The van der Waals surface area contributed by atoms with Crippen molar-refractivity contribution in [3.63, 3.8) is 0 Å². The fraction of sp³-hybridized carbons (Fsp3) is 0.286. The van der Waals surface area contributed by atoms with Crippen LogP contribution < -0.4 is 5.32 Å². The lowest BCUT2D eigenvalue weighted by molar-refractivity contribution is 0.293. The number of rotatable bonds is 5. The van der Waals surface area contributed by atoms with Gasteiger partial charge in [0.05, 0.1) is 17.8 Å². The molecule has 1 fully saturated rings. The molecule has 0 bridgehead atoms. The van der Waals surface area contributed by atoms with Crippen LogP contribution in [0.3, 0.4) is 0 Å². The lowest BCUT2D eigenvalue weighted by atomic mass is 10.0. The number of nitrogens with one attached hydrogen (secondary N) is 1. The van der Waals surface area contributed by atoms with Crippen LogP contribution in [-0.2, 0) is 6.54 Å². The topological polar surface area (TPSA) is 46.0 Å². The molecule has 2 atom stereocenters. The summed E-state index contributed by atoms with van der Waals surface area (Å²) in [7, 11) is 0. The monoisotopic (exact) mass is 377 g/mol. The lowest BCUT2D eigenvalue weighted by Gasteiger charge is -2.29. The van der Waals surface area contributed by atoms with E-state index in [0.717, 1.165) is 16.4 Å². The van der Waals surface area contributed by atoms with Crippen molar-refractivity contribution in [2.45, 2.75) is 38.5 Å². The second kappa shape index (κ2) is 7.48. The van der Waals surface area contributed by atoms with E-state index in [1.165, 1.54) is 5.69 Å². The van der Waals surface area contributed by atoms with Crippen molar-refractivity contribution in [2.75, 3.05) is 0 Å². The number of hydrogen-bond donors (Lipinski definition) is 1. The van der Waals surface area contributed by atoms with Gasteiger partial charge in [-0.1, -0.05) is 12.1 Å². The third-order valence-corrected chi connectivity index (χ3v) is 5.30. The van der Waals surface area contributed by atoms with Crippen molar-refractivity contribution in [3.05, 3.63) is 84.2 Å². The molecule has 138 valence electrons. The van der Waals surface area contributed by atoms with Crippen molar-refractivity contribution in [1.29, 1.82) is 0 Å². The third-order valence-electron chi connectivity index (χ3n) is 4.94. The molecule has 6 heteroatoms. The molecule has 0 saturated carbocycles. The zero-order chi connectivity index (χ0) is 18.8. The van der Waals surface area contributed by atoms with Crippen molar-refractivity contribution < 1.29 is 0 Å². The molecule has 3 aromatic rings. The molecule has 1 aliphatic heterocycles. The van der Waals surface area contributed by atoms with E-state index in [4.69, 9.17) is 12.2 Å². The summed E-state index contributed by atoms with van der Waals surface area (Å²) >= 11 is 5.73. The maximum absolute atomic E-state index is 5.73. The maximum atomic E-state index is 5.73. The predicted molar refractivity (Wildman–Crippen MR) is 110 cm³/mol. The van der Waals surface area contributed by atoms with Gasteiger partial charge in [0, 0.05) is 43.1 Å². The van der Waals surface area contributed by atoms with Gasteiger partial charge < -0.3 is 14.8 Å². The van der Waals surface area contributed by atoms with E-state index in [1.54, 1.807) is 6.20 Å². The number of nitrogens with zero attached hydrogens (tertiary/aromatic N) is 4. The molecule has 0 aromatic carbocycles. The molecule has 0 aliphatic carbocycles. The Morgan fingerprint density at radius 2 is 2.00 bits per heavy atom. The van der Waals surface area contributed by atoms with Gasteiger partial charge in [0.2, 0.25) is 0 Å². The van der Waals surface area contributed by atoms with Crippen molar-refractivity contribution in [2.24, 2.45) is 0 Å². The summed E-state index contributed by atoms with van der Waals surface area (Å²) in [4.78, 5) is 11.1. The van der Waals surface area contributed by atoms with E-state index < -0.39 is 0 Å². The molecule has 5 nitrogen and oxygen atoms in total. The average molecular weight is 378 g/mol. The average Bonchev–Trinajstić information content (AvgIpc) is 3.28. The van der Waals surface area contributed by atoms with Crippen LogP contribution in [0, 0.1) is 0 Å². The molecule has 4 heterocycles. The SMILES string of the molecule is CC(C)n1cccc1[C@@H]1[C@H](c2ccccn2)NC(=S)N1Cc1cccnc1. The lowest BCUT2D eigenvalue weighted by Crippen LogP contribution is -2.30. The highest BCUT2D eigenvalue weighted by Crippen LogP contribution is 2.40. The van der Waals surface area contributed by atoms with Crippen LogP contribution in [0.15, 0.2) is 67.3 Å². The van der Waals surface area contributed by atoms with Crippen LogP contribution in [0.4, 0.5) is 0 Å². The van der Waals surface area contributed by atoms with Crippen molar-refractivity contribution in [1.82, 2.24) is 24.8 Å². The number of hydrogen-bond acceptors (Lipinski definition) is 3. The van der Waals surface area contributed by atoms with Gasteiger partial charge in [-0.2, -0.15) is 0 Å². The highest BCUT2D eigenvalue weighted by molar-refractivity contribution is 7.80. The van der Waals surface area contributed by atoms with Crippen molar-refractivity contribution >= 4 is 17.3 Å². The van der Waals surface area contributed by atoms with Crippen LogP contribution >= 0.6 is 12.2 Å². The van der Waals surface area contributed by atoms with Crippen molar-refractivity contribution in [3.8, 4) is 0 Å². The molecule has 0 unspecified atom stereocenters. The Bertz CT molecular complexity index is 907. The van der Waals surface area contributed by atoms with Gasteiger partial charge in [0.1, 0.15) is 0 Å². The summed E-state index contributed by atoms with van der Waals surface area (Å²) in [5, 5.41) is 4.25. The molecule has 0 spiro atoms. The van der Waals surface area contributed by atoms with E-state index in [0.29, 0.717) is 12.6 Å². The smallest absolute Gasteiger partial charge is 0.170 e. The third kappa shape index (κ3) is 3.45. The maximum Gasteiger partial charge on any atom is 0.170 e. The van der Waals surface area contributed by atoms with E-state index in [9.17, 15) is 0 Å². The van der Waals surface area contributed by atoms with Crippen LogP contribution in [0.2, 0.25) is 0 Å². The minimum Gasteiger partial charge on any atom is -0.352 e. The molecular weight excluding hydrogens is 354 g/mol. The summed E-state index contributed by atoms with van der Waals surface area (Å²) < 4.78 is 2.31. The summed E-state index contributed by atoms with van der Waals surface area (Å²) in [5.74, 6) is 0. The first kappa shape index (κ1) is 17.7. The summed E-state index contributed by atoms with van der Waals surface area (Å²) in [6, 6.07) is 14.8. The Balaban J connectivity index is 1.77. The molecule has 0 radical (unpaired) electrons. The Morgan fingerprint density at radius 1 is 1.11 bits per heavy atom. The number of aromatic nitrogens is 3.